The number of hydrogen-bond acceptors (Lipinski definition) is 7. The Bertz CT molecular complexity index is 1060. The van der Waals surface area contributed by atoms with Crippen molar-refractivity contribution >= 4 is 29.0 Å². The summed E-state index contributed by atoms with van der Waals surface area (Å²) in [6, 6.07) is 10.4. The van der Waals surface area contributed by atoms with E-state index >= 15 is 0 Å². The van der Waals surface area contributed by atoms with Gasteiger partial charge in [0.15, 0.2) is 0 Å². The summed E-state index contributed by atoms with van der Waals surface area (Å²) < 4.78 is 13.3. The molecule has 0 radical (unpaired) electrons. The Morgan fingerprint density at radius 2 is 1.94 bits per heavy atom. The zero-order chi connectivity index (χ0) is 22.5. The van der Waals surface area contributed by atoms with Crippen molar-refractivity contribution in [1.29, 1.82) is 0 Å². The zero-order valence-corrected chi connectivity index (χ0v) is 18.0. The van der Waals surface area contributed by atoms with Gasteiger partial charge in [0, 0.05) is 62.3 Å². The van der Waals surface area contributed by atoms with E-state index in [1.54, 1.807) is 30.7 Å². The third-order valence-corrected chi connectivity index (χ3v) is 5.32. The molecule has 166 valence electrons. The molecule has 1 amide bonds. The van der Waals surface area contributed by atoms with Crippen LogP contribution in [-0.4, -0.2) is 40.0 Å². The SMILES string of the molecule is CC(=O)N[C@H]1CCN(c2cc(Nc3cnccn3)nc(N[C@@H](C)c3ccc(F)cc3)c2)C1. The molecule has 1 aliphatic rings. The van der Waals surface area contributed by atoms with E-state index in [4.69, 9.17) is 4.98 Å². The quantitative estimate of drug-likeness (QED) is 0.521. The maximum Gasteiger partial charge on any atom is 0.217 e. The summed E-state index contributed by atoms with van der Waals surface area (Å²) in [5.41, 5.74) is 1.93. The van der Waals surface area contributed by atoms with E-state index in [9.17, 15) is 9.18 Å². The van der Waals surface area contributed by atoms with Crippen molar-refractivity contribution in [3.05, 3.63) is 66.4 Å². The van der Waals surface area contributed by atoms with Crippen molar-refractivity contribution < 1.29 is 9.18 Å². The van der Waals surface area contributed by atoms with Gasteiger partial charge in [-0.05, 0) is 31.0 Å². The Hall–Kier alpha value is -3.75. The fourth-order valence-electron chi connectivity index (χ4n) is 3.79. The van der Waals surface area contributed by atoms with Crippen molar-refractivity contribution in [1.82, 2.24) is 20.3 Å². The van der Waals surface area contributed by atoms with Crippen LogP contribution >= 0.6 is 0 Å². The second kappa shape index (κ2) is 9.59. The van der Waals surface area contributed by atoms with Gasteiger partial charge in [-0.15, -0.1) is 0 Å². The molecule has 32 heavy (non-hydrogen) atoms. The molecule has 0 unspecified atom stereocenters. The largest absolute Gasteiger partial charge is 0.369 e. The van der Waals surface area contributed by atoms with Crippen LogP contribution in [-0.2, 0) is 4.79 Å². The number of rotatable bonds is 7. The van der Waals surface area contributed by atoms with Gasteiger partial charge in [0.25, 0.3) is 0 Å². The number of aromatic nitrogens is 3. The first-order valence-electron chi connectivity index (χ1n) is 10.6. The normalized spacial score (nSPS) is 16.5. The van der Waals surface area contributed by atoms with E-state index < -0.39 is 0 Å². The number of carbonyl (C=O) groups excluding carboxylic acids is 1. The van der Waals surface area contributed by atoms with Gasteiger partial charge in [0.1, 0.15) is 23.3 Å². The summed E-state index contributed by atoms with van der Waals surface area (Å²) in [6.45, 7) is 5.09. The third-order valence-electron chi connectivity index (χ3n) is 5.32. The highest BCUT2D eigenvalue weighted by molar-refractivity contribution is 5.73. The van der Waals surface area contributed by atoms with Crippen LogP contribution in [0.25, 0.3) is 0 Å². The standard InChI is InChI=1S/C23H26FN7O/c1-15(17-3-5-18(24)6-4-17)27-21-11-20(31-10-7-19(14-31)28-16(2)32)12-22(29-21)30-23-13-25-8-9-26-23/h3-6,8-9,11-13,15,19H,7,10,14H2,1-2H3,(H,28,32)(H2,26,27,29,30)/t15-,19-/m0/s1. The summed E-state index contributed by atoms with van der Waals surface area (Å²) in [4.78, 5) is 26.7. The summed E-state index contributed by atoms with van der Waals surface area (Å²) >= 11 is 0. The number of hydrogen-bond donors (Lipinski definition) is 3. The Kier molecular flexibility index (Phi) is 6.44. The van der Waals surface area contributed by atoms with Crippen LogP contribution in [0.15, 0.2) is 55.0 Å². The van der Waals surface area contributed by atoms with Crippen molar-refractivity contribution in [2.24, 2.45) is 0 Å². The fraction of sp³-hybridized carbons (Fsp3) is 0.304. The van der Waals surface area contributed by atoms with E-state index in [1.165, 1.54) is 19.1 Å². The van der Waals surface area contributed by atoms with E-state index in [-0.39, 0.29) is 23.8 Å². The molecule has 3 N–H and O–H groups in total. The average Bonchev–Trinajstić information content (AvgIpc) is 3.22. The lowest BCUT2D eigenvalue weighted by Gasteiger charge is -2.22. The summed E-state index contributed by atoms with van der Waals surface area (Å²) in [5.74, 6) is 1.60. The first-order valence-corrected chi connectivity index (χ1v) is 10.6. The van der Waals surface area contributed by atoms with Gasteiger partial charge in [-0.3, -0.25) is 9.78 Å². The lowest BCUT2D eigenvalue weighted by Crippen LogP contribution is -2.35. The Morgan fingerprint density at radius 3 is 2.66 bits per heavy atom. The minimum Gasteiger partial charge on any atom is -0.369 e. The number of carbonyl (C=O) groups is 1. The van der Waals surface area contributed by atoms with Crippen molar-refractivity contribution in [3.63, 3.8) is 0 Å². The van der Waals surface area contributed by atoms with Crippen LogP contribution in [0.4, 0.5) is 27.5 Å². The lowest BCUT2D eigenvalue weighted by molar-refractivity contribution is -0.119. The molecule has 3 aromatic rings. The molecule has 1 saturated heterocycles. The smallest absolute Gasteiger partial charge is 0.217 e. The number of nitrogens with one attached hydrogen (secondary N) is 3. The van der Waals surface area contributed by atoms with Crippen molar-refractivity contribution in [2.75, 3.05) is 28.6 Å². The average molecular weight is 436 g/mol. The molecular formula is C23H26FN7O. The van der Waals surface area contributed by atoms with Gasteiger partial charge < -0.3 is 20.9 Å². The highest BCUT2D eigenvalue weighted by Gasteiger charge is 2.24. The molecule has 0 spiro atoms. The van der Waals surface area contributed by atoms with Crippen molar-refractivity contribution in [3.8, 4) is 0 Å². The van der Waals surface area contributed by atoms with Gasteiger partial charge in [-0.25, -0.2) is 14.4 Å². The number of anilines is 4. The fourth-order valence-corrected chi connectivity index (χ4v) is 3.79. The number of nitrogens with zero attached hydrogens (tertiary/aromatic N) is 4. The molecule has 0 aliphatic carbocycles. The first-order chi connectivity index (χ1) is 15.5. The van der Waals surface area contributed by atoms with E-state index in [0.717, 1.165) is 30.8 Å². The van der Waals surface area contributed by atoms with Crippen LogP contribution in [0.5, 0.6) is 0 Å². The van der Waals surface area contributed by atoms with Crippen molar-refractivity contribution in [2.45, 2.75) is 32.4 Å². The predicted molar refractivity (Wildman–Crippen MR) is 122 cm³/mol. The van der Waals surface area contributed by atoms with Crippen LogP contribution < -0.4 is 20.9 Å². The van der Waals surface area contributed by atoms with Gasteiger partial charge in [-0.1, -0.05) is 12.1 Å². The molecule has 0 bridgehead atoms. The molecule has 0 saturated carbocycles. The number of benzene rings is 1. The lowest BCUT2D eigenvalue weighted by atomic mass is 10.1. The van der Waals surface area contributed by atoms with Gasteiger partial charge >= 0.3 is 0 Å². The minimum absolute atomic E-state index is 0.0212. The number of pyridine rings is 1. The molecule has 4 rings (SSSR count). The Labute approximate surface area is 186 Å². The molecule has 1 aromatic carbocycles. The zero-order valence-electron chi connectivity index (χ0n) is 18.0. The Morgan fingerprint density at radius 1 is 1.16 bits per heavy atom. The molecule has 9 heteroatoms. The maximum atomic E-state index is 13.3. The van der Waals surface area contributed by atoms with Gasteiger partial charge in [0.2, 0.25) is 5.91 Å². The van der Waals surface area contributed by atoms with Crippen LogP contribution in [0.2, 0.25) is 0 Å². The van der Waals surface area contributed by atoms with Crippen LogP contribution in [0.1, 0.15) is 31.9 Å². The molecular weight excluding hydrogens is 409 g/mol. The monoisotopic (exact) mass is 435 g/mol. The molecule has 2 atom stereocenters. The maximum absolute atomic E-state index is 13.3. The first kappa shape index (κ1) is 21.5. The highest BCUT2D eigenvalue weighted by Crippen LogP contribution is 2.29. The summed E-state index contributed by atoms with van der Waals surface area (Å²) in [5, 5.41) is 9.60. The summed E-state index contributed by atoms with van der Waals surface area (Å²) in [6.07, 6.45) is 5.73. The second-order valence-electron chi connectivity index (χ2n) is 7.86. The van der Waals surface area contributed by atoms with Crippen LogP contribution in [0.3, 0.4) is 0 Å². The number of amides is 1. The van der Waals surface area contributed by atoms with Gasteiger partial charge in [-0.2, -0.15) is 0 Å². The van der Waals surface area contributed by atoms with Gasteiger partial charge in [0.05, 0.1) is 6.20 Å². The highest BCUT2D eigenvalue weighted by atomic mass is 19.1. The van der Waals surface area contributed by atoms with E-state index in [0.29, 0.717) is 17.5 Å². The molecule has 8 nitrogen and oxygen atoms in total. The molecule has 1 aliphatic heterocycles. The van der Waals surface area contributed by atoms with E-state index in [1.807, 2.05) is 19.1 Å². The molecule has 3 heterocycles. The number of halogens is 1. The molecule has 2 aromatic heterocycles. The topological polar surface area (TPSA) is 95.1 Å². The predicted octanol–water partition coefficient (Wildman–Crippen LogP) is 3.64. The third kappa shape index (κ3) is 5.48. The second-order valence-corrected chi connectivity index (χ2v) is 7.86. The summed E-state index contributed by atoms with van der Waals surface area (Å²) in [7, 11) is 0. The van der Waals surface area contributed by atoms with E-state index in [2.05, 4.69) is 30.8 Å². The minimum atomic E-state index is -0.265. The molecule has 1 fully saturated rings. The van der Waals surface area contributed by atoms with Crippen LogP contribution in [0, 0.1) is 5.82 Å². The Balaban J connectivity index is 1.58.